The molecule has 0 saturated heterocycles. The molecule has 0 aliphatic rings. The molecule has 29 heavy (non-hydrogen) atoms. The fraction of sp³-hybridized carbons (Fsp3) is 0.167. The van der Waals surface area contributed by atoms with E-state index in [1.807, 2.05) is 67.6 Å². The van der Waals surface area contributed by atoms with Crippen molar-refractivity contribution in [3.63, 3.8) is 0 Å². The Bertz CT molecular complexity index is 1170. The number of nitrogens with zero attached hydrogens (tertiary/aromatic N) is 1. The third-order valence-corrected chi connectivity index (χ3v) is 4.85. The molecule has 0 spiro atoms. The number of rotatable bonds is 7. The Hall–Kier alpha value is -3.60. The van der Waals surface area contributed by atoms with Gasteiger partial charge in [0.2, 0.25) is 0 Å². The molecular formula is C24H22N2O3. The molecule has 0 bridgehead atoms. The summed E-state index contributed by atoms with van der Waals surface area (Å²) in [6.07, 6.45) is 4.37. The van der Waals surface area contributed by atoms with Crippen molar-refractivity contribution < 1.29 is 9.47 Å². The molecule has 5 nitrogen and oxygen atoms in total. The van der Waals surface area contributed by atoms with Crippen LogP contribution in [0.3, 0.4) is 0 Å². The Morgan fingerprint density at radius 1 is 0.931 bits per heavy atom. The zero-order valence-corrected chi connectivity index (χ0v) is 16.2. The largest absolute Gasteiger partial charge is 0.493 e. The Labute approximate surface area is 169 Å². The van der Waals surface area contributed by atoms with Gasteiger partial charge in [-0.1, -0.05) is 18.2 Å². The van der Waals surface area contributed by atoms with Crippen LogP contribution in [0.15, 0.2) is 77.9 Å². The normalized spacial score (nSPS) is 10.8. The number of nitrogens with one attached hydrogen (secondary N) is 1. The van der Waals surface area contributed by atoms with E-state index in [-0.39, 0.29) is 12.0 Å². The summed E-state index contributed by atoms with van der Waals surface area (Å²) in [6.45, 7) is 2.68. The Morgan fingerprint density at radius 2 is 1.69 bits per heavy atom. The quantitative estimate of drug-likeness (QED) is 0.510. The highest BCUT2D eigenvalue weighted by Gasteiger charge is 2.09. The minimum atomic E-state index is 0.0335. The Balaban J connectivity index is 1.41. The summed E-state index contributed by atoms with van der Waals surface area (Å²) in [6, 6.07) is 19.0. The molecule has 0 radical (unpaired) electrons. The molecule has 0 unspecified atom stereocenters. The fourth-order valence-corrected chi connectivity index (χ4v) is 3.18. The van der Waals surface area contributed by atoms with Gasteiger partial charge >= 0.3 is 0 Å². The second-order valence-electron chi connectivity index (χ2n) is 6.82. The second-order valence-corrected chi connectivity index (χ2v) is 6.82. The predicted octanol–water partition coefficient (Wildman–Crippen LogP) is 4.43. The van der Waals surface area contributed by atoms with Crippen molar-refractivity contribution in [2.45, 2.75) is 20.0 Å². The van der Waals surface area contributed by atoms with E-state index in [2.05, 4.69) is 9.97 Å². The van der Waals surface area contributed by atoms with Crippen LogP contribution in [0.4, 0.5) is 0 Å². The summed E-state index contributed by atoms with van der Waals surface area (Å²) >= 11 is 0. The second kappa shape index (κ2) is 8.61. The van der Waals surface area contributed by atoms with Crippen LogP contribution in [0.1, 0.15) is 16.8 Å². The Morgan fingerprint density at radius 3 is 2.52 bits per heavy atom. The van der Waals surface area contributed by atoms with Gasteiger partial charge in [-0.3, -0.25) is 9.78 Å². The first-order valence-electron chi connectivity index (χ1n) is 9.56. The van der Waals surface area contributed by atoms with Gasteiger partial charge in [0.05, 0.1) is 12.3 Å². The summed E-state index contributed by atoms with van der Waals surface area (Å²) in [5.74, 6) is 1.44. The van der Waals surface area contributed by atoms with E-state index in [1.165, 1.54) is 5.56 Å². The van der Waals surface area contributed by atoms with Crippen LogP contribution < -0.4 is 14.9 Å². The van der Waals surface area contributed by atoms with Gasteiger partial charge in [0.15, 0.2) is 5.43 Å². The highest BCUT2D eigenvalue weighted by molar-refractivity contribution is 5.79. The molecule has 0 atom stereocenters. The molecule has 0 aliphatic carbocycles. The number of aromatic nitrogens is 2. The van der Waals surface area contributed by atoms with Crippen LogP contribution in [0.5, 0.6) is 11.5 Å². The zero-order valence-electron chi connectivity index (χ0n) is 16.2. The minimum absolute atomic E-state index is 0.0335. The van der Waals surface area contributed by atoms with Gasteiger partial charge in [0, 0.05) is 41.3 Å². The number of ether oxygens (including phenoxy) is 2. The third kappa shape index (κ3) is 4.46. The lowest BCUT2D eigenvalue weighted by Gasteiger charge is -2.12. The molecule has 0 saturated carbocycles. The first kappa shape index (κ1) is 18.7. The molecule has 0 aliphatic heterocycles. The number of hydrogen-bond acceptors (Lipinski definition) is 4. The van der Waals surface area contributed by atoms with E-state index < -0.39 is 0 Å². The molecule has 146 valence electrons. The summed E-state index contributed by atoms with van der Waals surface area (Å²) in [7, 11) is 0. The first-order valence-corrected chi connectivity index (χ1v) is 9.56. The van der Waals surface area contributed by atoms with Gasteiger partial charge < -0.3 is 14.5 Å². The number of benzene rings is 2. The predicted molar refractivity (Wildman–Crippen MR) is 114 cm³/mol. The van der Waals surface area contributed by atoms with Crippen molar-refractivity contribution in [3.8, 4) is 11.5 Å². The molecule has 2 heterocycles. The van der Waals surface area contributed by atoms with Crippen molar-refractivity contribution in [1.82, 2.24) is 9.97 Å². The van der Waals surface area contributed by atoms with E-state index in [9.17, 15) is 4.79 Å². The topological polar surface area (TPSA) is 64.2 Å². The monoisotopic (exact) mass is 386 g/mol. The number of hydrogen-bond donors (Lipinski definition) is 1. The van der Waals surface area contributed by atoms with Crippen molar-refractivity contribution in [3.05, 3.63) is 100 Å². The van der Waals surface area contributed by atoms with Gasteiger partial charge in [0.25, 0.3) is 0 Å². The maximum Gasteiger partial charge on any atom is 0.192 e. The third-order valence-electron chi connectivity index (χ3n) is 4.85. The van der Waals surface area contributed by atoms with Crippen LogP contribution in [-0.2, 0) is 13.0 Å². The molecule has 2 aromatic heterocycles. The number of aromatic amines is 1. The first-order chi connectivity index (χ1) is 14.2. The summed E-state index contributed by atoms with van der Waals surface area (Å²) in [5, 5.41) is 0.693. The van der Waals surface area contributed by atoms with Gasteiger partial charge in [-0.05, 0) is 48.9 Å². The molecule has 1 N–H and O–H groups in total. The lowest BCUT2D eigenvalue weighted by Crippen LogP contribution is -2.13. The SMILES string of the molecule is Cc1c(COc2cccc(OCCc3ccncc3)c2)[nH]c2ccccc2c1=O. The van der Waals surface area contributed by atoms with Crippen LogP contribution in [0.25, 0.3) is 10.9 Å². The summed E-state index contributed by atoms with van der Waals surface area (Å²) < 4.78 is 11.8. The molecule has 0 fully saturated rings. The molecule has 4 rings (SSSR count). The number of fused-ring (bicyclic) bond motifs is 1. The van der Waals surface area contributed by atoms with Gasteiger partial charge in [-0.25, -0.2) is 0 Å². The maximum atomic E-state index is 12.6. The smallest absolute Gasteiger partial charge is 0.192 e. The van der Waals surface area contributed by atoms with Gasteiger partial charge in [0.1, 0.15) is 18.1 Å². The van der Waals surface area contributed by atoms with E-state index >= 15 is 0 Å². The lowest BCUT2D eigenvalue weighted by atomic mass is 10.1. The van der Waals surface area contributed by atoms with Crippen molar-refractivity contribution in [1.29, 1.82) is 0 Å². The highest BCUT2D eigenvalue weighted by atomic mass is 16.5. The fourth-order valence-electron chi connectivity index (χ4n) is 3.18. The Kier molecular flexibility index (Phi) is 5.56. The van der Waals surface area contributed by atoms with Crippen LogP contribution >= 0.6 is 0 Å². The standard InChI is InChI=1S/C24H22N2O3/c1-17-23(26-22-8-3-2-7-21(22)24(17)27)16-29-20-6-4-5-19(15-20)28-14-11-18-9-12-25-13-10-18/h2-10,12-13,15H,11,14,16H2,1H3,(H,26,27). The van der Waals surface area contributed by atoms with E-state index in [4.69, 9.17) is 9.47 Å². The van der Waals surface area contributed by atoms with Crippen molar-refractivity contribution >= 4 is 10.9 Å². The zero-order chi connectivity index (χ0) is 20.1. The van der Waals surface area contributed by atoms with Crippen molar-refractivity contribution in [2.75, 3.05) is 6.61 Å². The molecule has 2 aromatic carbocycles. The number of pyridine rings is 2. The van der Waals surface area contributed by atoms with Gasteiger partial charge in [-0.15, -0.1) is 0 Å². The average Bonchev–Trinajstić information content (AvgIpc) is 2.76. The summed E-state index contributed by atoms with van der Waals surface area (Å²) in [4.78, 5) is 19.9. The van der Waals surface area contributed by atoms with Crippen LogP contribution in [0.2, 0.25) is 0 Å². The summed E-state index contributed by atoms with van der Waals surface area (Å²) in [5.41, 5.74) is 3.48. The van der Waals surface area contributed by atoms with Crippen LogP contribution in [0, 0.1) is 6.92 Å². The molecule has 0 amide bonds. The molecule has 5 heteroatoms. The number of para-hydroxylation sites is 1. The minimum Gasteiger partial charge on any atom is -0.493 e. The van der Waals surface area contributed by atoms with E-state index in [0.717, 1.165) is 23.4 Å². The highest BCUT2D eigenvalue weighted by Crippen LogP contribution is 2.21. The molecule has 4 aromatic rings. The van der Waals surface area contributed by atoms with Gasteiger partial charge in [-0.2, -0.15) is 0 Å². The van der Waals surface area contributed by atoms with Crippen LogP contribution in [-0.4, -0.2) is 16.6 Å². The lowest BCUT2D eigenvalue weighted by molar-refractivity contribution is 0.292. The van der Waals surface area contributed by atoms with E-state index in [0.29, 0.717) is 23.3 Å². The average molecular weight is 386 g/mol. The van der Waals surface area contributed by atoms with Crippen molar-refractivity contribution in [2.24, 2.45) is 0 Å². The van der Waals surface area contributed by atoms with E-state index in [1.54, 1.807) is 12.4 Å². The molecular weight excluding hydrogens is 364 g/mol. The number of H-pyrrole nitrogens is 1. The maximum absolute atomic E-state index is 12.6.